The molecule has 1 aliphatic carbocycles. The molecule has 0 radical (unpaired) electrons. The van der Waals surface area contributed by atoms with Crippen molar-refractivity contribution in [2.75, 3.05) is 26.2 Å². The molecule has 0 spiro atoms. The average Bonchev–Trinajstić information content (AvgIpc) is 3.22. The van der Waals surface area contributed by atoms with Gasteiger partial charge in [0.1, 0.15) is 0 Å². The Balaban J connectivity index is 1.59. The van der Waals surface area contributed by atoms with Crippen LogP contribution in [0.5, 0.6) is 0 Å². The predicted molar refractivity (Wildman–Crippen MR) is 94.6 cm³/mol. The lowest BCUT2D eigenvalue weighted by Crippen LogP contribution is -2.49. The van der Waals surface area contributed by atoms with Crippen LogP contribution in [0.1, 0.15) is 52.0 Å². The molecule has 2 atom stereocenters. The van der Waals surface area contributed by atoms with Crippen molar-refractivity contribution < 1.29 is 0 Å². The highest BCUT2D eigenvalue weighted by atomic mass is 15.3. The van der Waals surface area contributed by atoms with Crippen LogP contribution in [0.3, 0.4) is 0 Å². The Morgan fingerprint density at radius 1 is 1.35 bits per heavy atom. The van der Waals surface area contributed by atoms with E-state index in [-0.39, 0.29) is 0 Å². The highest BCUT2D eigenvalue weighted by Gasteiger charge is 2.28. The van der Waals surface area contributed by atoms with Gasteiger partial charge < -0.3 is 14.8 Å². The summed E-state index contributed by atoms with van der Waals surface area (Å²) in [5.41, 5.74) is 0. The number of imidazole rings is 1. The molecule has 5 nitrogen and oxygen atoms in total. The van der Waals surface area contributed by atoms with Crippen molar-refractivity contribution in [3.05, 3.63) is 18.7 Å². The lowest BCUT2D eigenvalue weighted by Gasteiger charge is -2.39. The van der Waals surface area contributed by atoms with Crippen LogP contribution in [0.4, 0.5) is 0 Å². The minimum absolute atomic E-state index is 0.488. The summed E-state index contributed by atoms with van der Waals surface area (Å²) in [6.45, 7) is 8.51. The van der Waals surface area contributed by atoms with E-state index in [0.717, 1.165) is 38.1 Å². The molecule has 3 rings (SSSR count). The van der Waals surface area contributed by atoms with E-state index in [4.69, 9.17) is 4.99 Å². The number of hydrogen-bond donors (Lipinski definition) is 1. The van der Waals surface area contributed by atoms with Gasteiger partial charge in [-0.05, 0) is 38.0 Å². The maximum atomic E-state index is 4.88. The number of rotatable bonds is 6. The molecule has 1 N–H and O–H groups in total. The van der Waals surface area contributed by atoms with Gasteiger partial charge >= 0.3 is 0 Å². The number of nitrogens with one attached hydrogen (secondary N) is 1. The van der Waals surface area contributed by atoms with Crippen LogP contribution in [-0.4, -0.2) is 46.6 Å². The molecule has 5 heteroatoms. The summed E-state index contributed by atoms with van der Waals surface area (Å²) in [7, 11) is 0. The normalized spacial score (nSPS) is 25.7. The number of aromatic nitrogens is 2. The molecular weight excluding hydrogens is 286 g/mol. The van der Waals surface area contributed by atoms with Crippen molar-refractivity contribution in [1.82, 2.24) is 19.8 Å². The molecule has 1 aliphatic heterocycles. The number of hydrogen-bond acceptors (Lipinski definition) is 2. The summed E-state index contributed by atoms with van der Waals surface area (Å²) in [4.78, 5) is 11.5. The topological polar surface area (TPSA) is 45.5 Å². The van der Waals surface area contributed by atoms with E-state index in [1.165, 1.54) is 32.1 Å². The lowest BCUT2D eigenvalue weighted by molar-refractivity contribution is 0.189. The molecular formula is C18H31N5. The van der Waals surface area contributed by atoms with E-state index in [9.17, 15) is 0 Å². The molecule has 2 fully saturated rings. The predicted octanol–water partition coefficient (Wildman–Crippen LogP) is 2.92. The van der Waals surface area contributed by atoms with Gasteiger partial charge in [0.25, 0.3) is 0 Å². The maximum Gasteiger partial charge on any atom is 0.193 e. The van der Waals surface area contributed by atoms with Crippen LogP contribution in [0.25, 0.3) is 0 Å². The third-order valence-corrected chi connectivity index (χ3v) is 5.19. The first kappa shape index (κ1) is 16.3. The quantitative estimate of drug-likeness (QED) is 0.498. The van der Waals surface area contributed by atoms with Gasteiger partial charge in [-0.25, -0.2) is 4.98 Å². The number of guanidine groups is 1. The molecule has 2 heterocycles. The minimum atomic E-state index is 0.488. The zero-order chi connectivity index (χ0) is 16.1. The van der Waals surface area contributed by atoms with Gasteiger partial charge in [0.2, 0.25) is 0 Å². The average molecular weight is 317 g/mol. The van der Waals surface area contributed by atoms with Gasteiger partial charge in [-0.1, -0.05) is 19.8 Å². The third kappa shape index (κ3) is 4.49. The first-order valence-electron chi connectivity index (χ1n) is 9.28. The first-order valence-corrected chi connectivity index (χ1v) is 9.28. The summed E-state index contributed by atoms with van der Waals surface area (Å²) in [6.07, 6.45) is 12.6. The molecule has 128 valence electrons. The third-order valence-electron chi connectivity index (χ3n) is 5.19. The van der Waals surface area contributed by atoms with Gasteiger partial charge in [0.05, 0.1) is 12.4 Å². The molecule has 0 bridgehead atoms. The van der Waals surface area contributed by atoms with Crippen LogP contribution in [-0.2, 0) is 0 Å². The Hall–Kier alpha value is -1.52. The summed E-state index contributed by atoms with van der Waals surface area (Å²) in [5, 5.41) is 3.49. The van der Waals surface area contributed by atoms with Crippen LogP contribution < -0.4 is 5.32 Å². The summed E-state index contributed by atoms with van der Waals surface area (Å²) >= 11 is 0. The summed E-state index contributed by atoms with van der Waals surface area (Å²) in [6, 6.07) is 0.488. The second-order valence-corrected chi connectivity index (χ2v) is 7.11. The summed E-state index contributed by atoms with van der Waals surface area (Å²) < 4.78 is 2.26. The van der Waals surface area contributed by atoms with Crippen LogP contribution in [0.2, 0.25) is 0 Å². The zero-order valence-corrected chi connectivity index (χ0v) is 14.6. The number of nitrogens with zero attached hydrogens (tertiary/aromatic N) is 4. The van der Waals surface area contributed by atoms with Crippen molar-refractivity contribution in [3.63, 3.8) is 0 Å². The van der Waals surface area contributed by atoms with Crippen molar-refractivity contribution in [2.45, 2.75) is 52.0 Å². The van der Waals surface area contributed by atoms with Gasteiger partial charge in [-0.15, -0.1) is 0 Å². The fourth-order valence-corrected chi connectivity index (χ4v) is 3.49. The summed E-state index contributed by atoms with van der Waals surface area (Å²) in [5.74, 6) is 2.78. The Morgan fingerprint density at radius 3 is 2.91 bits per heavy atom. The van der Waals surface area contributed by atoms with Crippen molar-refractivity contribution >= 4 is 5.96 Å². The molecule has 1 saturated heterocycles. The highest BCUT2D eigenvalue weighted by Crippen LogP contribution is 2.33. The van der Waals surface area contributed by atoms with Crippen molar-refractivity contribution in [1.29, 1.82) is 0 Å². The van der Waals surface area contributed by atoms with Gasteiger partial charge in [0.15, 0.2) is 5.96 Å². The van der Waals surface area contributed by atoms with E-state index in [1.54, 1.807) is 0 Å². The fraction of sp³-hybridized carbons (Fsp3) is 0.778. The fourth-order valence-electron chi connectivity index (χ4n) is 3.49. The Kier molecular flexibility index (Phi) is 5.57. The Bertz CT molecular complexity index is 492. The molecule has 2 aliphatic rings. The molecule has 1 saturated carbocycles. The smallest absolute Gasteiger partial charge is 0.193 e. The van der Waals surface area contributed by atoms with E-state index in [1.807, 2.05) is 12.5 Å². The van der Waals surface area contributed by atoms with Gasteiger partial charge in [-0.3, -0.25) is 4.99 Å². The van der Waals surface area contributed by atoms with E-state index < -0.39 is 0 Å². The standard InChI is InChI=1S/C18H31N5/c1-3-20-18(21-9-4-5-16-6-7-16)22-11-8-15(2)17(13-22)23-12-10-19-14-23/h10,12,14-17H,3-9,11,13H2,1-2H3,(H,20,21). The Labute approximate surface area is 140 Å². The maximum absolute atomic E-state index is 4.88. The second-order valence-electron chi connectivity index (χ2n) is 7.11. The molecule has 1 aromatic heterocycles. The van der Waals surface area contributed by atoms with Crippen molar-refractivity contribution in [2.24, 2.45) is 16.8 Å². The van der Waals surface area contributed by atoms with Crippen molar-refractivity contribution in [3.8, 4) is 0 Å². The molecule has 1 aromatic rings. The highest BCUT2D eigenvalue weighted by molar-refractivity contribution is 5.80. The lowest BCUT2D eigenvalue weighted by atomic mass is 9.93. The van der Waals surface area contributed by atoms with Crippen LogP contribution in [0.15, 0.2) is 23.7 Å². The molecule has 0 aromatic carbocycles. The second kappa shape index (κ2) is 7.84. The first-order chi connectivity index (χ1) is 11.3. The van der Waals surface area contributed by atoms with E-state index >= 15 is 0 Å². The van der Waals surface area contributed by atoms with Gasteiger partial charge in [0, 0.05) is 38.6 Å². The molecule has 0 amide bonds. The number of likely N-dealkylation sites (tertiary alicyclic amines) is 1. The number of piperidine rings is 1. The Morgan fingerprint density at radius 2 is 2.22 bits per heavy atom. The monoisotopic (exact) mass is 317 g/mol. The van der Waals surface area contributed by atoms with E-state index in [0.29, 0.717) is 12.0 Å². The van der Waals surface area contributed by atoms with Gasteiger partial charge in [-0.2, -0.15) is 0 Å². The van der Waals surface area contributed by atoms with Crippen LogP contribution in [0, 0.1) is 11.8 Å². The van der Waals surface area contributed by atoms with E-state index in [2.05, 4.69) is 39.8 Å². The minimum Gasteiger partial charge on any atom is -0.357 e. The molecule has 2 unspecified atom stereocenters. The SMILES string of the molecule is CCNC(=NCCCC1CC1)N1CCC(C)C(n2ccnc2)C1. The zero-order valence-electron chi connectivity index (χ0n) is 14.6. The van der Waals surface area contributed by atoms with Crippen LogP contribution >= 0.6 is 0 Å². The number of aliphatic imine (C=N–C) groups is 1. The molecule has 23 heavy (non-hydrogen) atoms. The largest absolute Gasteiger partial charge is 0.357 e.